The van der Waals surface area contributed by atoms with Crippen LogP contribution in [0.4, 0.5) is 5.69 Å². The smallest absolute Gasteiger partial charge is 0.244 e. The number of aromatic hydroxyl groups is 1. The highest BCUT2D eigenvalue weighted by atomic mass is 16.5. The molecule has 2 aromatic carbocycles. The van der Waals surface area contributed by atoms with Crippen molar-refractivity contribution in [2.75, 3.05) is 19.0 Å². The van der Waals surface area contributed by atoms with E-state index in [-0.39, 0.29) is 18.2 Å². The van der Waals surface area contributed by atoms with E-state index in [2.05, 4.69) is 10.6 Å². The first-order valence-corrected chi connectivity index (χ1v) is 7.67. The lowest BCUT2D eigenvalue weighted by Gasteiger charge is -2.06. The molecule has 2 aromatic rings. The molecule has 2 rings (SSSR count). The van der Waals surface area contributed by atoms with Crippen molar-refractivity contribution in [1.29, 1.82) is 0 Å². The highest BCUT2D eigenvalue weighted by Crippen LogP contribution is 2.26. The van der Waals surface area contributed by atoms with Gasteiger partial charge in [0.25, 0.3) is 0 Å². The highest BCUT2D eigenvalue weighted by molar-refractivity contribution is 5.98. The number of rotatable bonds is 6. The fourth-order valence-electron chi connectivity index (χ4n) is 2.12. The molecule has 0 heterocycles. The Kier molecular flexibility index (Phi) is 6.17. The molecule has 25 heavy (non-hydrogen) atoms. The molecule has 0 aliphatic carbocycles. The van der Waals surface area contributed by atoms with Gasteiger partial charge >= 0.3 is 0 Å². The fourth-order valence-corrected chi connectivity index (χ4v) is 2.12. The molecular formula is C19H20N2O4. The van der Waals surface area contributed by atoms with Gasteiger partial charge in [-0.3, -0.25) is 9.59 Å². The molecule has 6 heteroatoms. The van der Waals surface area contributed by atoms with Gasteiger partial charge in [0.1, 0.15) is 0 Å². The molecular weight excluding hydrogens is 320 g/mol. The van der Waals surface area contributed by atoms with Gasteiger partial charge in [0, 0.05) is 11.8 Å². The number of hydrogen-bond donors (Lipinski definition) is 3. The number of phenols is 1. The minimum atomic E-state index is -0.397. The molecule has 0 saturated carbocycles. The molecule has 0 atom stereocenters. The Morgan fingerprint density at radius 2 is 2.00 bits per heavy atom. The summed E-state index contributed by atoms with van der Waals surface area (Å²) in [6, 6.07) is 12.1. The lowest BCUT2D eigenvalue weighted by Crippen LogP contribution is -2.31. The molecule has 2 amide bonds. The van der Waals surface area contributed by atoms with Crippen molar-refractivity contribution in [1.82, 2.24) is 5.32 Å². The normalized spacial score (nSPS) is 10.5. The van der Waals surface area contributed by atoms with E-state index in [9.17, 15) is 14.7 Å². The Morgan fingerprint density at radius 3 is 2.72 bits per heavy atom. The molecule has 0 unspecified atom stereocenters. The third kappa shape index (κ3) is 5.69. The molecule has 0 aliphatic heterocycles. The summed E-state index contributed by atoms with van der Waals surface area (Å²) in [7, 11) is 1.45. The Labute approximate surface area is 146 Å². The largest absolute Gasteiger partial charge is 0.504 e. The van der Waals surface area contributed by atoms with Crippen LogP contribution in [0.15, 0.2) is 48.5 Å². The van der Waals surface area contributed by atoms with Crippen LogP contribution in [0.1, 0.15) is 11.1 Å². The van der Waals surface area contributed by atoms with Crippen molar-refractivity contribution in [3.63, 3.8) is 0 Å². The summed E-state index contributed by atoms with van der Waals surface area (Å²) in [6.45, 7) is 1.80. The van der Waals surface area contributed by atoms with Crippen LogP contribution in [-0.4, -0.2) is 30.6 Å². The number of aryl methyl sites for hydroxylation is 1. The topological polar surface area (TPSA) is 87.7 Å². The maximum atomic E-state index is 11.8. The number of methoxy groups -OCH3 is 1. The summed E-state index contributed by atoms with van der Waals surface area (Å²) in [5.74, 6) is -0.359. The first-order chi connectivity index (χ1) is 12.0. The van der Waals surface area contributed by atoms with Crippen molar-refractivity contribution < 1.29 is 19.4 Å². The van der Waals surface area contributed by atoms with Crippen molar-refractivity contribution in [3.05, 3.63) is 59.7 Å². The SMILES string of the molecule is COc1cc(/C=C/C(=O)NCC(=O)Nc2cccc(C)c2)ccc1O. The number of carbonyl (C=O) groups excluding carboxylic acids is 2. The van der Waals surface area contributed by atoms with Gasteiger partial charge in [0.2, 0.25) is 11.8 Å². The van der Waals surface area contributed by atoms with Crippen LogP contribution >= 0.6 is 0 Å². The van der Waals surface area contributed by atoms with Gasteiger partial charge in [-0.05, 0) is 48.4 Å². The molecule has 0 aromatic heterocycles. The Hall–Kier alpha value is -3.28. The maximum Gasteiger partial charge on any atom is 0.244 e. The van der Waals surface area contributed by atoms with E-state index in [1.54, 1.807) is 24.3 Å². The van der Waals surface area contributed by atoms with Crippen molar-refractivity contribution in [2.24, 2.45) is 0 Å². The molecule has 0 bridgehead atoms. The van der Waals surface area contributed by atoms with Crippen LogP contribution in [0.25, 0.3) is 6.08 Å². The predicted molar refractivity (Wildman–Crippen MR) is 96.5 cm³/mol. The zero-order valence-corrected chi connectivity index (χ0v) is 14.1. The lowest BCUT2D eigenvalue weighted by molar-refractivity contribution is -0.121. The average Bonchev–Trinajstić information content (AvgIpc) is 2.59. The maximum absolute atomic E-state index is 11.8. The summed E-state index contributed by atoms with van der Waals surface area (Å²) in [5, 5.41) is 14.7. The quantitative estimate of drug-likeness (QED) is 0.705. The molecule has 0 aliphatic rings. The van der Waals surface area contributed by atoms with Crippen LogP contribution in [0.3, 0.4) is 0 Å². The number of carbonyl (C=O) groups is 2. The highest BCUT2D eigenvalue weighted by Gasteiger charge is 2.05. The van der Waals surface area contributed by atoms with E-state index in [0.717, 1.165) is 5.56 Å². The standard InChI is InChI=1S/C19H20N2O4/c1-13-4-3-5-15(10-13)21-19(24)12-20-18(23)9-7-14-6-8-16(22)17(11-14)25-2/h3-11,22H,12H2,1-2H3,(H,20,23)(H,21,24)/b9-7+. The van der Waals surface area contributed by atoms with E-state index in [1.807, 2.05) is 25.1 Å². The zero-order valence-electron chi connectivity index (χ0n) is 14.1. The van der Waals surface area contributed by atoms with Gasteiger partial charge in [-0.25, -0.2) is 0 Å². The summed E-state index contributed by atoms with van der Waals surface area (Å²) in [6.07, 6.45) is 2.88. The van der Waals surface area contributed by atoms with Gasteiger partial charge in [-0.2, -0.15) is 0 Å². The van der Waals surface area contributed by atoms with Crippen LogP contribution in [0.5, 0.6) is 11.5 Å². The van der Waals surface area contributed by atoms with E-state index in [1.165, 1.54) is 19.3 Å². The third-order valence-electron chi connectivity index (χ3n) is 3.36. The van der Waals surface area contributed by atoms with Crippen LogP contribution in [0.2, 0.25) is 0 Å². The minimum absolute atomic E-state index is 0.0249. The van der Waals surface area contributed by atoms with Crippen LogP contribution in [-0.2, 0) is 9.59 Å². The van der Waals surface area contributed by atoms with E-state index < -0.39 is 5.91 Å². The zero-order chi connectivity index (χ0) is 18.2. The lowest BCUT2D eigenvalue weighted by atomic mass is 10.2. The summed E-state index contributed by atoms with van der Waals surface area (Å²) in [4.78, 5) is 23.6. The second kappa shape index (κ2) is 8.54. The average molecular weight is 340 g/mol. The minimum Gasteiger partial charge on any atom is -0.504 e. The molecule has 0 fully saturated rings. The number of amides is 2. The van der Waals surface area contributed by atoms with Crippen molar-refractivity contribution in [2.45, 2.75) is 6.92 Å². The van der Waals surface area contributed by atoms with E-state index in [0.29, 0.717) is 17.0 Å². The summed E-state index contributed by atoms with van der Waals surface area (Å²) in [5.41, 5.74) is 2.41. The Balaban J connectivity index is 1.84. The molecule has 130 valence electrons. The van der Waals surface area contributed by atoms with Crippen LogP contribution in [0, 0.1) is 6.92 Å². The van der Waals surface area contributed by atoms with Crippen LogP contribution < -0.4 is 15.4 Å². The van der Waals surface area contributed by atoms with Gasteiger partial charge in [0.05, 0.1) is 13.7 Å². The second-order valence-electron chi connectivity index (χ2n) is 5.40. The first kappa shape index (κ1) is 18.1. The van der Waals surface area contributed by atoms with Gasteiger partial charge in [-0.15, -0.1) is 0 Å². The fraction of sp³-hybridized carbons (Fsp3) is 0.158. The molecule has 3 N–H and O–H groups in total. The number of ether oxygens (including phenoxy) is 1. The number of anilines is 1. The number of benzene rings is 2. The van der Waals surface area contributed by atoms with E-state index >= 15 is 0 Å². The number of phenolic OH excluding ortho intramolecular Hbond substituents is 1. The van der Waals surface area contributed by atoms with Gasteiger partial charge < -0.3 is 20.5 Å². The second-order valence-corrected chi connectivity index (χ2v) is 5.40. The monoisotopic (exact) mass is 340 g/mol. The molecule has 6 nitrogen and oxygen atoms in total. The Bertz CT molecular complexity index is 800. The predicted octanol–water partition coefficient (Wildman–Crippen LogP) is 2.48. The van der Waals surface area contributed by atoms with E-state index in [4.69, 9.17) is 4.74 Å². The molecule has 0 spiro atoms. The molecule has 0 saturated heterocycles. The van der Waals surface area contributed by atoms with Crippen molar-refractivity contribution in [3.8, 4) is 11.5 Å². The van der Waals surface area contributed by atoms with Gasteiger partial charge in [-0.1, -0.05) is 18.2 Å². The number of nitrogens with one attached hydrogen (secondary N) is 2. The number of hydrogen-bond acceptors (Lipinski definition) is 4. The molecule has 0 radical (unpaired) electrons. The summed E-state index contributed by atoms with van der Waals surface area (Å²) >= 11 is 0. The van der Waals surface area contributed by atoms with Gasteiger partial charge in [0.15, 0.2) is 11.5 Å². The van der Waals surface area contributed by atoms with Crippen molar-refractivity contribution >= 4 is 23.6 Å². The third-order valence-corrected chi connectivity index (χ3v) is 3.36. The summed E-state index contributed by atoms with van der Waals surface area (Å²) < 4.78 is 5.00. The Morgan fingerprint density at radius 1 is 1.20 bits per heavy atom. The first-order valence-electron chi connectivity index (χ1n) is 7.67.